The molecule has 1 aliphatic heterocycles. The number of fused-ring (bicyclic) bond motifs is 1. The van der Waals surface area contributed by atoms with Crippen molar-refractivity contribution in [3.8, 4) is 0 Å². The zero-order valence-corrected chi connectivity index (χ0v) is 9.81. The maximum absolute atomic E-state index is 13.1. The van der Waals surface area contributed by atoms with Crippen LogP contribution in [-0.2, 0) is 9.84 Å². The third kappa shape index (κ3) is 1.54. The minimum absolute atomic E-state index is 0.0577. The van der Waals surface area contributed by atoms with Crippen molar-refractivity contribution >= 4 is 9.84 Å². The molecule has 0 spiro atoms. The van der Waals surface area contributed by atoms with Gasteiger partial charge in [-0.1, -0.05) is 6.92 Å². The first-order valence-electron chi connectivity index (χ1n) is 5.07. The van der Waals surface area contributed by atoms with Gasteiger partial charge in [0.05, 0.1) is 10.1 Å². The Labute approximate surface area is 93.2 Å². The second-order valence-corrected chi connectivity index (χ2v) is 6.63. The van der Waals surface area contributed by atoms with Gasteiger partial charge in [-0.3, -0.25) is 0 Å². The fourth-order valence-corrected chi connectivity index (χ4v) is 3.98. The molecule has 0 bridgehead atoms. The SMILES string of the molecule is CC1CC(C)S(=O)(=O)c2cc(F)c(F)cc21. The number of sulfone groups is 1. The van der Waals surface area contributed by atoms with Crippen molar-refractivity contribution in [3.63, 3.8) is 0 Å². The topological polar surface area (TPSA) is 34.1 Å². The maximum atomic E-state index is 13.1. The molecular formula is C11H12F2O2S. The van der Waals surface area contributed by atoms with E-state index in [9.17, 15) is 17.2 Å². The Morgan fingerprint density at radius 1 is 1.19 bits per heavy atom. The summed E-state index contributed by atoms with van der Waals surface area (Å²) in [6, 6.07) is 1.80. The predicted molar refractivity (Wildman–Crippen MR) is 56.0 cm³/mol. The zero-order valence-electron chi connectivity index (χ0n) is 9.00. The summed E-state index contributed by atoms with van der Waals surface area (Å²) in [5, 5.41) is -0.542. The van der Waals surface area contributed by atoms with Gasteiger partial charge in [0, 0.05) is 0 Å². The van der Waals surface area contributed by atoms with E-state index < -0.39 is 26.7 Å². The second kappa shape index (κ2) is 3.52. The lowest BCUT2D eigenvalue weighted by atomic mass is 9.95. The van der Waals surface area contributed by atoms with Crippen LogP contribution in [0.3, 0.4) is 0 Å². The lowest BCUT2D eigenvalue weighted by molar-refractivity contribution is 0.491. The Bertz CT molecular complexity index is 537. The third-order valence-electron chi connectivity index (χ3n) is 3.11. The molecule has 2 atom stereocenters. The highest BCUT2D eigenvalue weighted by atomic mass is 32.2. The average molecular weight is 246 g/mol. The van der Waals surface area contributed by atoms with Crippen LogP contribution < -0.4 is 0 Å². The lowest BCUT2D eigenvalue weighted by Gasteiger charge is -2.27. The van der Waals surface area contributed by atoms with Gasteiger partial charge in [0.2, 0.25) is 0 Å². The molecule has 2 unspecified atom stereocenters. The van der Waals surface area contributed by atoms with Crippen LogP contribution in [0.15, 0.2) is 17.0 Å². The molecule has 0 saturated heterocycles. The van der Waals surface area contributed by atoms with Crippen molar-refractivity contribution in [1.82, 2.24) is 0 Å². The molecule has 0 saturated carbocycles. The van der Waals surface area contributed by atoms with E-state index >= 15 is 0 Å². The summed E-state index contributed by atoms with van der Waals surface area (Å²) in [7, 11) is -3.50. The number of hydrogen-bond donors (Lipinski definition) is 0. The van der Waals surface area contributed by atoms with Gasteiger partial charge in [-0.25, -0.2) is 17.2 Å². The van der Waals surface area contributed by atoms with Crippen LogP contribution in [-0.4, -0.2) is 13.7 Å². The lowest BCUT2D eigenvalue weighted by Crippen LogP contribution is -2.27. The van der Waals surface area contributed by atoms with Crippen LogP contribution in [0.5, 0.6) is 0 Å². The second-order valence-electron chi connectivity index (χ2n) is 4.30. The summed E-state index contributed by atoms with van der Waals surface area (Å²) < 4.78 is 50.0. The molecular weight excluding hydrogens is 234 g/mol. The van der Waals surface area contributed by atoms with E-state index in [1.807, 2.05) is 6.92 Å². The summed E-state index contributed by atoms with van der Waals surface area (Å²) in [6.45, 7) is 3.41. The zero-order chi connectivity index (χ0) is 12.1. The molecule has 2 nitrogen and oxygen atoms in total. The monoisotopic (exact) mass is 246 g/mol. The molecule has 1 aliphatic rings. The van der Waals surface area contributed by atoms with Crippen LogP contribution in [0.25, 0.3) is 0 Å². The van der Waals surface area contributed by atoms with Gasteiger partial charge < -0.3 is 0 Å². The molecule has 88 valence electrons. The number of halogens is 2. The molecule has 0 fully saturated rings. The van der Waals surface area contributed by atoms with Crippen molar-refractivity contribution in [2.45, 2.75) is 36.3 Å². The first-order chi connectivity index (χ1) is 7.34. The van der Waals surface area contributed by atoms with Gasteiger partial charge in [-0.05, 0) is 37.0 Å². The van der Waals surface area contributed by atoms with Gasteiger partial charge >= 0.3 is 0 Å². The predicted octanol–water partition coefficient (Wildman–Crippen LogP) is 2.63. The Hall–Kier alpha value is -0.970. The van der Waals surface area contributed by atoms with Gasteiger partial charge in [0.25, 0.3) is 0 Å². The fourth-order valence-electron chi connectivity index (χ4n) is 2.14. The van der Waals surface area contributed by atoms with Crippen molar-refractivity contribution in [1.29, 1.82) is 0 Å². The van der Waals surface area contributed by atoms with Crippen molar-refractivity contribution in [2.75, 3.05) is 0 Å². The summed E-state index contributed by atoms with van der Waals surface area (Å²) in [5.41, 5.74) is 0.386. The van der Waals surface area contributed by atoms with Crippen molar-refractivity contribution in [3.05, 3.63) is 29.3 Å². The minimum atomic E-state index is -3.50. The first-order valence-corrected chi connectivity index (χ1v) is 6.61. The molecule has 1 heterocycles. The molecule has 1 aromatic carbocycles. The van der Waals surface area contributed by atoms with Crippen molar-refractivity contribution in [2.24, 2.45) is 0 Å². The number of rotatable bonds is 0. The van der Waals surface area contributed by atoms with E-state index in [2.05, 4.69) is 0 Å². The van der Waals surface area contributed by atoms with E-state index in [4.69, 9.17) is 0 Å². The normalized spacial score (nSPS) is 27.5. The molecule has 0 aromatic heterocycles. The maximum Gasteiger partial charge on any atom is 0.181 e. The smallest absolute Gasteiger partial charge is 0.181 e. The fraction of sp³-hybridized carbons (Fsp3) is 0.455. The van der Waals surface area contributed by atoms with E-state index in [1.165, 1.54) is 0 Å². The minimum Gasteiger partial charge on any atom is -0.223 e. The largest absolute Gasteiger partial charge is 0.223 e. The van der Waals surface area contributed by atoms with Crippen LogP contribution >= 0.6 is 0 Å². The van der Waals surface area contributed by atoms with Gasteiger partial charge in [-0.15, -0.1) is 0 Å². The van der Waals surface area contributed by atoms with Gasteiger partial charge in [0.15, 0.2) is 21.5 Å². The van der Waals surface area contributed by atoms with Crippen LogP contribution in [0, 0.1) is 11.6 Å². The van der Waals surface area contributed by atoms with Gasteiger partial charge in [-0.2, -0.15) is 0 Å². The Morgan fingerprint density at radius 2 is 1.75 bits per heavy atom. The third-order valence-corrected chi connectivity index (χ3v) is 5.32. The highest BCUT2D eigenvalue weighted by Gasteiger charge is 2.35. The van der Waals surface area contributed by atoms with Crippen LogP contribution in [0.4, 0.5) is 8.78 Å². The Kier molecular flexibility index (Phi) is 2.53. The van der Waals surface area contributed by atoms with Gasteiger partial charge in [0.1, 0.15) is 0 Å². The van der Waals surface area contributed by atoms with Crippen LogP contribution in [0.1, 0.15) is 31.7 Å². The molecule has 2 rings (SSSR count). The van der Waals surface area contributed by atoms with E-state index in [0.29, 0.717) is 12.0 Å². The Morgan fingerprint density at radius 3 is 2.38 bits per heavy atom. The highest BCUT2D eigenvalue weighted by Crippen LogP contribution is 2.38. The number of benzene rings is 1. The Balaban J connectivity index is 2.75. The van der Waals surface area contributed by atoms with E-state index in [1.54, 1.807) is 6.92 Å². The summed E-state index contributed by atoms with van der Waals surface area (Å²) >= 11 is 0. The molecule has 1 aromatic rings. The molecule has 16 heavy (non-hydrogen) atoms. The first kappa shape index (κ1) is 11.5. The molecule has 0 N–H and O–H groups in total. The van der Waals surface area contributed by atoms with Crippen LogP contribution in [0.2, 0.25) is 0 Å². The molecule has 0 radical (unpaired) electrons. The summed E-state index contributed by atoms with van der Waals surface area (Å²) in [6.07, 6.45) is 0.445. The summed E-state index contributed by atoms with van der Waals surface area (Å²) in [5.74, 6) is -2.16. The average Bonchev–Trinajstić information content (AvgIpc) is 2.19. The standard InChI is InChI=1S/C11H12F2O2S/c1-6-3-7(2)16(14,15)11-5-10(13)9(12)4-8(6)11/h4-7H,3H2,1-2H3. The highest BCUT2D eigenvalue weighted by molar-refractivity contribution is 7.92. The quantitative estimate of drug-likeness (QED) is 0.659. The molecule has 5 heteroatoms. The van der Waals surface area contributed by atoms with E-state index in [0.717, 1.165) is 12.1 Å². The number of hydrogen-bond acceptors (Lipinski definition) is 2. The van der Waals surface area contributed by atoms with E-state index in [-0.39, 0.29) is 10.8 Å². The van der Waals surface area contributed by atoms with Crippen molar-refractivity contribution < 1.29 is 17.2 Å². The molecule has 0 amide bonds. The summed E-state index contributed by atoms with van der Waals surface area (Å²) in [4.78, 5) is -0.0577. The molecule has 0 aliphatic carbocycles.